The van der Waals surface area contributed by atoms with Crippen LogP contribution in [0.15, 0.2) is 12.7 Å². The standard InChI is InChI=1S/C9H16N2O/c1-2-6-11-7-4-3-5-8(10)9(11)12/h2,8H,1,3-7,10H2/t8-/m1/s1. The molecule has 1 heterocycles. The molecule has 3 heteroatoms. The second-order valence-corrected chi connectivity index (χ2v) is 3.18. The molecular weight excluding hydrogens is 152 g/mol. The van der Waals surface area contributed by atoms with Crippen molar-refractivity contribution in [3.63, 3.8) is 0 Å². The maximum Gasteiger partial charge on any atom is 0.239 e. The number of carbonyl (C=O) groups excluding carboxylic acids is 1. The lowest BCUT2D eigenvalue weighted by Gasteiger charge is -2.20. The third-order valence-corrected chi connectivity index (χ3v) is 2.17. The van der Waals surface area contributed by atoms with E-state index >= 15 is 0 Å². The van der Waals surface area contributed by atoms with Crippen molar-refractivity contribution in [1.82, 2.24) is 4.90 Å². The second kappa shape index (κ2) is 4.26. The first-order chi connectivity index (χ1) is 5.75. The number of nitrogens with zero attached hydrogens (tertiary/aromatic N) is 1. The van der Waals surface area contributed by atoms with Gasteiger partial charge in [0.05, 0.1) is 6.04 Å². The first-order valence-electron chi connectivity index (χ1n) is 4.41. The van der Waals surface area contributed by atoms with Crippen molar-refractivity contribution < 1.29 is 4.79 Å². The molecule has 0 unspecified atom stereocenters. The minimum atomic E-state index is -0.285. The number of amides is 1. The monoisotopic (exact) mass is 168 g/mol. The summed E-state index contributed by atoms with van der Waals surface area (Å²) in [5, 5.41) is 0. The minimum absolute atomic E-state index is 0.0763. The summed E-state index contributed by atoms with van der Waals surface area (Å²) in [7, 11) is 0. The summed E-state index contributed by atoms with van der Waals surface area (Å²) < 4.78 is 0. The Kier molecular flexibility index (Phi) is 3.29. The fourth-order valence-corrected chi connectivity index (χ4v) is 1.47. The van der Waals surface area contributed by atoms with E-state index in [2.05, 4.69) is 6.58 Å². The summed E-state index contributed by atoms with van der Waals surface area (Å²) in [6.45, 7) is 5.07. The normalized spacial score (nSPS) is 25.2. The van der Waals surface area contributed by atoms with Gasteiger partial charge in [0.25, 0.3) is 0 Å². The van der Waals surface area contributed by atoms with Gasteiger partial charge in [0.1, 0.15) is 0 Å². The van der Waals surface area contributed by atoms with Gasteiger partial charge >= 0.3 is 0 Å². The number of hydrogen-bond donors (Lipinski definition) is 1. The van der Waals surface area contributed by atoms with E-state index in [0.29, 0.717) is 6.54 Å². The van der Waals surface area contributed by atoms with Gasteiger partial charge in [-0.2, -0.15) is 0 Å². The molecule has 0 spiro atoms. The van der Waals surface area contributed by atoms with Crippen LogP contribution < -0.4 is 5.73 Å². The summed E-state index contributed by atoms with van der Waals surface area (Å²) in [6, 6.07) is -0.285. The van der Waals surface area contributed by atoms with E-state index in [1.54, 1.807) is 11.0 Å². The van der Waals surface area contributed by atoms with Gasteiger partial charge in [-0.3, -0.25) is 4.79 Å². The lowest BCUT2D eigenvalue weighted by atomic mass is 10.1. The van der Waals surface area contributed by atoms with Crippen molar-refractivity contribution in [2.45, 2.75) is 25.3 Å². The van der Waals surface area contributed by atoms with Crippen LogP contribution in [0.4, 0.5) is 0 Å². The van der Waals surface area contributed by atoms with Crippen molar-refractivity contribution in [2.75, 3.05) is 13.1 Å². The van der Waals surface area contributed by atoms with Gasteiger partial charge in [-0.25, -0.2) is 0 Å². The quantitative estimate of drug-likeness (QED) is 0.611. The summed E-state index contributed by atoms with van der Waals surface area (Å²) in [5.74, 6) is 0.0763. The van der Waals surface area contributed by atoms with E-state index in [1.165, 1.54) is 0 Å². The Bertz CT molecular complexity index is 179. The van der Waals surface area contributed by atoms with Crippen LogP contribution in [0.1, 0.15) is 19.3 Å². The molecule has 0 aliphatic carbocycles. The molecule has 0 radical (unpaired) electrons. The minimum Gasteiger partial charge on any atom is -0.338 e. The Labute approximate surface area is 73.2 Å². The summed E-state index contributed by atoms with van der Waals surface area (Å²) in [4.78, 5) is 13.3. The zero-order valence-corrected chi connectivity index (χ0v) is 7.33. The van der Waals surface area contributed by atoms with Crippen LogP contribution in [-0.4, -0.2) is 29.9 Å². The highest BCUT2D eigenvalue weighted by atomic mass is 16.2. The van der Waals surface area contributed by atoms with Crippen LogP contribution in [0.25, 0.3) is 0 Å². The van der Waals surface area contributed by atoms with E-state index in [0.717, 1.165) is 25.8 Å². The van der Waals surface area contributed by atoms with Gasteiger partial charge in [-0.05, 0) is 19.3 Å². The van der Waals surface area contributed by atoms with E-state index in [-0.39, 0.29) is 11.9 Å². The molecule has 0 aromatic heterocycles. The first kappa shape index (κ1) is 9.26. The SMILES string of the molecule is C=CCN1CCCC[C@@H](N)C1=O. The molecule has 0 aromatic rings. The predicted octanol–water partition coefficient (Wildman–Crippen LogP) is 0.512. The molecule has 1 rings (SSSR count). The van der Waals surface area contributed by atoms with E-state index in [4.69, 9.17) is 5.73 Å². The lowest BCUT2D eigenvalue weighted by Crippen LogP contribution is -2.42. The second-order valence-electron chi connectivity index (χ2n) is 3.18. The third-order valence-electron chi connectivity index (χ3n) is 2.17. The van der Waals surface area contributed by atoms with Crippen LogP contribution in [0.2, 0.25) is 0 Å². The number of rotatable bonds is 2. The fraction of sp³-hybridized carbons (Fsp3) is 0.667. The molecule has 2 N–H and O–H groups in total. The Morgan fingerprint density at radius 3 is 3.08 bits per heavy atom. The molecule has 0 aromatic carbocycles. The van der Waals surface area contributed by atoms with E-state index in [9.17, 15) is 4.79 Å². The van der Waals surface area contributed by atoms with Gasteiger partial charge in [0.2, 0.25) is 5.91 Å². The van der Waals surface area contributed by atoms with Crippen molar-refractivity contribution in [3.05, 3.63) is 12.7 Å². The molecule has 1 saturated heterocycles. The van der Waals surface area contributed by atoms with E-state index < -0.39 is 0 Å². The third kappa shape index (κ3) is 2.08. The van der Waals surface area contributed by atoms with Crippen LogP contribution >= 0.6 is 0 Å². The molecule has 3 nitrogen and oxygen atoms in total. The average Bonchev–Trinajstić information content (AvgIpc) is 2.20. The van der Waals surface area contributed by atoms with Crippen LogP contribution in [0.5, 0.6) is 0 Å². The molecule has 1 aliphatic heterocycles. The Balaban J connectivity index is 2.57. The molecule has 1 aliphatic rings. The van der Waals surface area contributed by atoms with Crippen molar-refractivity contribution in [3.8, 4) is 0 Å². The zero-order valence-electron chi connectivity index (χ0n) is 7.33. The average molecular weight is 168 g/mol. The fourth-order valence-electron chi connectivity index (χ4n) is 1.47. The summed E-state index contributed by atoms with van der Waals surface area (Å²) >= 11 is 0. The molecule has 0 saturated carbocycles. The zero-order chi connectivity index (χ0) is 8.97. The smallest absolute Gasteiger partial charge is 0.239 e. The van der Waals surface area contributed by atoms with Crippen molar-refractivity contribution in [1.29, 1.82) is 0 Å². The van der Waals surface area contributed by atoms with E-state index in [1.807, 2.05) is 0 Å². The van der Waals surface area contributed by atoms with Gasteiger partial charge < -0.3 is 10.6 Å². The number of nitrogens with two attached hydrogens (primary N) is 1. The summed E-state index contributed by atoms with van der Waals surface area (Å²) in [6.07, 6.45) is 4.69. The highest BCUT2D eigenvalue weighted by molar-refractivity contribution is 5.81. The molecule has 1 amide bonds. The van der Waals surface area contributed by atoms with Gasteiger partial charge in [0.15, 0.2) is 0 Å². The number of hydrogen-bond acceptors (Lipinski definition) is 2. The molecular formula is C9H16N2O. The summed E-state index contributed by atoms with van der Waals surface area (Å²) in [5.41, 5.74) is 5.67. The predicted molar refractivity (Wildman–Crippen MR) is 48.6 cm³/mol. The molecule has 12 heavy (non-hydrogen) atoms. The number of carbonyl (C=O) groups is 1. The maximum atomic E-state index is 11.5. The first-order valence-corrected chi connectivity index (χ1v) is 4.41. The Morgan fingerprint density at radius 1 is 1.67 bits per heavy atom. The molecule has 1 fully saturated rings. The van der Waals surface area contributed by atoms with Crippen LogP contribution in [0, 0.1) is 0 Å². The maximum absolute atomic E-state index is 11.5. The molecule has 0 bridgehead atoms. The molecule has 1 atom stereocenters. The highest BCUT2D eigenvalue weighted by Crippen LogP contribution is 2.09. The van der Waals surface area contributed by atoms with Crippen LogP contribution in [-0.2, 0) is 4.79 Å². The highest BCUT2D eigenvalue weighted by Gasteiger charge is 2.22. The largest absolute Gasteiger partial charge is 0.338 e. The topological polar surface area (TPSA) is 46.3 Å². The van der Waals surface area contributed by atoms with Crippen molar-refractivity contribution >= 4 is 5.91 Å². The van der Waals surface area contributed by atoms with Crippen molar-refractivity contribution in [2.24, 2.45) is 5.73 Å². The van der Waals surface area contributed by atoms with Gasteiger partial charge in [-0.1, -0.05) is 6.08 Å². The van der Waals surface area contributed by atoms with Gasteiger partial charge in [-0.15, -0.1) is 6.58 Å². The lowest BCUT2D eigenvalue weighted by molar-refractivity contribution is -0.131. The Morgan fingerprint density at radius 2 is 2.42 bits per heavy atom. The van der Waals surface area contributed by atoms with Gasteiger partial charge in [0, 0.05) is 13.1 Å². The Hall–Kier alpha value is -0.830. The molecule has 68 valence electrons. The number of likely N-dealkylation sites (tertiary alicyclic amines) is 1. The van der Waals surface area contributed by atoms with Crippen LogP contribution in [0.3, 0.4) is 0 Å².